The number of carbonyl (C=O) groups excluding carboxylic acids is 1. The highest BCUT2D eigenvalue weighted by molar-refractivity contribution is 6.34. The first kappa shape index (κ1) is 15.4. The second kappa shape index (κ2) is 6.67. The van der Waals surface area contributed by atoms with Crippen molar-refractivity contribution in [3.63, 3.8) is 0 Å². The topological polar surface area (TPSA) is 78.9 Å². The Kier molecular flexibility index (Phi) is 4.90. The van der Waals surface area contributed by atoms with Gasteiger partial charge in [0.2, 0.25) is 0 Å². The molecule has 0 spiro atoms. The molecule has 0 bridgehead atoms. The Morgan fingerprint density at radius 2 is 1.95 bits per heavy atom. The van der Waals surface area contributed by atoms with Gasteiger partial charge in [-0.2, -0.15) is 0 Å². The summed E-state index contributed by atoms with van der Waals surface area (Å²) in [7, 11) is 1.37. The van der Waals surface area contributed by atoms with E-state index in [1.807, 2.05) is 0 Å². The van der Waals surface area contributed by atoms with E-state index in [2.05, 4.69) is 5.32 Å². The van der Waals surface area contributed by atoms with Gasteiger partial charge in [0, 0.05) is 19.2 Å². The van der Waals surface area contributed by atoms with E-state index < -0.39 is 5.97 Å². The first-order valence-electron chi connectivity index (χ1n) is 6.69. The average molecular weight is 313 g/mol. The van der Waals surface area contributed by atoms with E-state index in [4.69, 9.17) is 21.4 Å². The minimum atomic E-state index is -1.14. The molecule has 7 heteroatoms. The molecule has 1 aromatic carbocycles. The molecule has 0 aromatic heterocycles. The Morgan fingerprint density at radius 3 is 2.52 bits per heavy atom. The third-order valence-corrected chi connectivity index (χ3v) is 3.72. The lowest BCUT2D eigenvalue weighted by Crippen LogP contribution is -2.38. The van der Waals surface area contributed by atoms with Gasteiger partial charge in [-0.3, -0.25) is 0 Å². The number of benzene rings is 1. The highest BCUT2D eigenvalue weighted by Crippen LogP contribution is 2.31. The first-order valence-corrected chi connectivity index (χ1v) is 7.07. The monoisotopic (exact) mass is 312 g/mol. The van der Waals surface area contributed by atoms with Crippen molar-refractivity contribution in [2.75, 3.05) is 25.5 Å². The van der Waals surface area contributed by atoms with Crippen molar-refractivity contribution in [2.24, 2.45) is 0 Å². The Balaban J connectivity index is 2.19. The Hall–Kier alpha value is -1.95. The van der Waals surface area contributed by atoms with Crippen LogP contribution in [0.2, 0.25) is 5.02 Å². The van der Waals surface area contributed by atoms with Crippen LogP contribution in [0, 0.1) is 0 Å². The van der Waals surface area contributed by atoms with Crippen molar-refractivity contribution in [3.8, 4) is 5.75 Å². The SMILES string of the molecule is COc1cc(NC(=O)N2CCCCC2)c(Cl)cc1C(=O)O. The molecule has 0 atom stereocenters. The minimum Gasteiger partial charge on any atom is -0.496 e. The van der Waals surface area contributed by atoms with Gasteiger partial charge in [-0.15, -0.1) is 0 Å². The molecule has 6 nitrogen and oxygen atoms in total. The number of likely N-dealkylation sites (tertiary alicyclic amines) is 1. The van der Waals surface area contributed by atoms with E-state index in [-0.39, 0.29) is 22.4 Å². The van der Waals surface area contributed by atoms with Gasteiger partial charge in [-0.25, -0.2) is 9.59 Å². The number of carbonyl (C=O) groups is 2. The van der Waals surface area contributed by atoms with Crippen LogP contribution < -0.4 is 10.1 Å². The number of hydrogen-bond acceptors (Lipinski definition) is 3. The first-order chi connectivity index (χ1) is 10.0. The lowest BCUT2D eigenvalue weighted by molar-refractivity contribution is 0.0693. The number of piperidine rings is 1. The van der Waals surface area contributed by atoms with Crippen LogP contribution in [0.4, 0.5) is 10.5 Å². The van der Waals surface area contributed by atoms with E-state index in [1.165, 1.54) is 19.2 Å². The lowest BCUT2D eigenvalue weighted by atomic mass is 10.1. The second-order valence-corrected chi connectivity index (χ2v) is 5.22. The fraction of sp³-hybridized carbons (Fsp3) is 0.429. The summed E-state index contributed by atoms with van der Waals surface area (Å²) in [6, 6.07) is 2.46. The molecule has 21 heavy (non-hydrogen) atoms. The summed E-state index contributed by atoms with van der Waals surface area (Å²) >= 11 is 6.03. The lowest BCUT2D eigenvalue weighted by Gasteiger charge is -2.27. The standard InChI is InChI=1S/C14H17ClN2O4/c1-21-12-8-11(10(15)7-9(12)13(18)19)16-14(20)17-5-3-2-4-6-17/h7-8H,2-6H2,1H3,(H,16,20)(H,18,19). The summed E-state index contributed by atoms with van der Waals surface area (Å²) in [5.74, 6) is -0.983. The zero-order chi connectivity index (χ0) is 15.4. The van der Waals surface area contributed by atoms with E-state index in [1.54, 1.807) is 4.90 Å². The number of ether oxygens (including phenoxy) is 1. The maximum atomic E-state index is 12.1. The van der Waals surface area contributed by atoms with Crippen LogP contribution in [0.1, 0.15) is 29.6 Å². The van der Waals surface area contributed by atoms with E-state index >= 15 is 0 Å². The highest BCUT2D eigenvalue weighted by Gasteiger charge is 2.20. The maximum Gasteiger partial charge on any atom is 0.339 e. The number of halogens is 1. The van der Waals surface area contributed by atoms with Crippen molar-refractivity contribution < 1.29 is 19.4 Å². The molecule has 2 rings (SSSR count). The summed E-state index contributed by atoms with van der Waals surface area (Å²) in [6.45, 7) is 1.43. The number of methoxy groups -OCH3 is 1. The van der Waals surface area contributed by atoms with Gasteiger partial charge in [0.05, 0.1) is 17.8 Å². The normalized spacial score (nSPS) is 14.7. The molecule has 1 aromatic rings. The third kappa shape index (κ3) is 3.58. The largest absolute Gasteiger partial charge is 0.496 e. The van der Waals surface area contributed by atoms with Gasteiger partial charge in [-0.05, 0) is 25.3 Å². The molecule has 114 valence electrons. The van der Waals surface area contributed by atoms with Crippen molar-refractivity contribution in [1.82, 2.24) is 4.90 Å². The van der Waals surface area contributed by atoms with Crippen molar-refractivity contribution in [2.45, 2.75) is 19.3 Å². The van der Waals surface area contributed by atoms with Gasteiger partial charge in [0.15, 0.2) is 0 Å². The number of nitrogens with zero attached hydrogens (tertiary/aromatic N) is 1. The van der Waals surface area contributed by atoms with Crippen molar-refractivity contribution in [1.29, 1.82) is 0 Å². The van der Waals surface area contributed by atoms with Crippen LogP contribution in [0.25, 0.3) is 0 Å². The fourth-order valence-electron chi connectivity index (χ4n) is 2.28. The molecule has 0 radical (unpaired) electrons. The molecular formula is C14H17ClN2O4. The quantitative estimate of drug-likeness (QED) is 0.899. The Bertz CT molecular complexity index is 556. The summed E-state index contributed by atoms with van der Waals surface area (Å²) in [5, 5.41) is 11.9. The zero-order valence-corrected chi connectivity index (χ0v) is 12.4. The van der Waals surface area contributed by atoms with Crippen LogP contribution >= 0.6 is 11.6 Å². The van der Waals surface area contributed by atoms with Gasteiger partial charge in [0.25, 0.3) is 0 Å². The molecule has 1 fully saturated rings. The zero-order valence-electron chi connectivity index (χ0n) is 11.7. The number of nitrogens with one attached hydrogen (secondary N) is 1. The van der Waals surface area contributed by atoms with Crippen molar-refractivity contribution in [3.05, 3.63) is 22.7 Å². The number of aromatic carboxylic acids is 1. The molecule has 2 amide bonds. The summed E-state index contributed by atoms with van der Waals surface area (Å²) in [6.07, 6.45) is 3.11. The number of anilines is 1. The number of carboxylic acids is 1. The molecule has 0 aliphatic carbocycles. The van der Waals surface area contributed by atoms with Crippen LogP contribution in [-0.4, -0.2) is 42.2 Å². The summed E-state index contributed by atoms with van der Waals surface area (Å²) in [4.78, 5) is 24.9. The minimum absolute atomic E-state index is 0.0431. The predicted molar refractivity (Wildman–Crippen MR) is 79.4 cm³/mol. The molecule has 0 unspecified atom stereocenters. The Labute approximate surface area is 127 Å². The van der Waals surface area contributed by atoms with Crippen LogP contribution in [0.3, 0.4) is 0 Å². The number of urea groups is 1. The smallest absolute Gasteiger partial charge is 0.339 e. The molecule has 1 saturated heterocycles. The number of carboxylic acid groups (broad SMARTS) is 1. The van der Waals surface area contributed by atoms with Crippen molar-refractivity contribution >= 4 is 29.3 Å². The van der Waals surface area contributed by atoms with E-state index in [9.17, 15) is 9.59 Å². The summed E-state index contributed by atoms with van der Waals surface area (Å²) < 4.78 is 5.02. The van der Waals surface area contributed by atoms with Gasteiger partial charge >= 0.3 is 12.0 Å². The van der Waals surface area contributed by atoms with Gasteiger partial charge < -0.3 is 20.1 Å². The maximum absolute atomic E-state index is 12.1. The van der Waals surface area contributed by atoms with Crippen LogP contribution in [-0.2, 0) is 0 Å². The molecule has 1 aliphatic rings. The van der Waals surface area contributed by atoms with Gasteiger partial charge in [0.1, 0.15) is 11.3 Å². The average Bonchev–Trinajstić information content (AvgIpc) is 2.49. The van der Waals surface area contributed by atoms with E-state index in [0.29, 0.717) is 18.8 Å². The highest BCUT2D eigenvalue weighted by atomic mass is 35.5. The van der Waals surface area contributed by atoms with Gasteiger partial charge in [-0.1, -0.05) is 11.6 Å². The molecule has 1 heterocycles. The molecule has 1 aliphatic heterocycles. The molecule has 0 saturated carbocycles. The fourth-order valence-corrected chi connectivity index (χ4v) is 2.49. The Morgan fingerprint density at radius 1 is 1.29 bits per heavy atom. The number of hydrogen-bond donors (Lipinski definition) is 2. The van der Waals surface area contributed by atoms with Crippen LogP contribution in [0.15, 0.2) is 12.1 Å². The summed E-state index contributed by atoms with van der Waals surface area (Å²) in [5.41, 5.74) is 0.299. The molecule has 2 N–H and O–H groups in total. The van der Waals surface area contributed by atoms with Crippen LogP contribution in [0.5, 0.6) is 5.75 Å². The number of amides is 2. The van der Waals surface area contributed by atoms with E-state index in [0.717, 1.165) is 19.3 Å². The second-order valence-electron chi connectivity index (χ2n) is 4.82. The molecular weight excluding hydrogens is 296 g/mol. The third-order valence-electron chi connectivity index (χ3n) is 3.40. The number of rotatable bonds is 3. The predicted octanol–water partition coefficient (Wildman–Crippen LogP) is 3.06.